The first kappa shape index (κ1) is 14.9. The zero-order chi connectivity index (χ0) is 14.9. The van der Waals surface area contributed by atoms with E-state index in [1.165, 1.54) is 37.7 Å². The van der Waals surface area contributed by atoms with Gasteiger partial charge in [-0.25, -0.2) is 0 Å². The Morgan fingerprint density at radius 1 is 1.33 bits per heavy atom. The quantitative estimate of drug-likeness (QED) is 0.914. The van der Waals surface area contributed by atoms with Crippen LogP contribution in [-0.2, 0) is 4.74 Å². The molecule has 1 aromatic carbocycles. The Morgan fingerprint density at radius 3 is 2.81 bits per heavy atom. The van der Waals surface area contributed by atoms with Crippen LogP contribution in [0, 0.1) is 6.92 Å². The third-order valence-electron chi connectivity index (χ3n) is 4.94. The topological polar surface area (TPSA) is 44.5 Å². The van der Waals surface area contributed by atoms with Crippen molar-refractivity contribution in [2.45, 2.75) is 70.1 Å². The molecule has 2 atom stereocenters. The van der Waals surface area contributed by atoms with Gasteiger partial charge in [0.2, 0.25) is 0 Å². The van der Waals surface area contributed by atoms with Gasteiger partial charge in [0.25, 0.3) is 0 Å². The second-order valence-electron chi connectivity index (χ2n) is 6.81. The van der Waals surface area contributed by atoms with Gasteiger partial charge in [0.05, 0.1) is 11.7 Å². The van der Waals surface area contributed by atoms with Gasteiger partial charge in [-0.3, -0.25) is 0 Å². The van der Waals surface area contributed by atoms with E-state index in [2.05, 4.69) is 25.1 Å². The summed E-state index contributed by atoms with van der Waals surface area (Å²) in [5.74, 6) is 0.918. The van der Waals surface area contributed by atoms with E-state index in [1.807, 2.05) is 6.92 Å². The first-order valence-corrected chi connectivity index (χ1v) is 8.25. The summed E-state index contributed by atoms with van der Waals surface area (Å²) in [5, 5.41) is 0. The lowest BCUT2D eigenvalue weighted by Gasteiger charge is -2.24. The number of rotatable bonds is 4. The van der Waals surface area contributed by atoms with Crippen LogP contribution < -0.4 is 10.5 Å². The van der Waals surface area contributed by atoms with E-state index in [-0.39, 0.29) is 17.7 Å². The fourth-order valence-corrected chi connectivity index (χ4v) is 3.73. The van der Waals surface area contributed by atoms with Crippen LogP contribution in [0.1, 0.15) is 62.6 Å². The van der Waals surface area contributed by atoms with Gasteiger partial charge in [0.1, 0.15) is 12.4 Å². The molecular formula is C18H27NO2. The Kier molecular flexibility index (Phi) is 4.23. The Bertz CT molecular complexity index is 492. The molecule has 1 heterocycles. The van der Waals surface area contributed by atoms with E-state index in [0.29, 0.717) is 6.61 Å². The molecule has 0 bridgehead atoms. The molecule has 21 heavy (non-hydrogen) atoms. The highest BCUT2D eigenvalue weighted by Crippen LogP contribution is 2.43. The monoisotopic (exact) mass is 289 g/mol. The van der Waals surface area contributed by atoms with Gasteiger partial charge in [-0.15, -0.1) is 0 Å². The summed E-state index contributed by atoms with van der Waals surface area (Å²) in [5.41, 5.74) is 8.50. The van der Waals surface area contributed by atoms with Crippen molar-refractivity contribution in [2.24, 2.45) is 5.73 Å². The number of aryl methyl sites for hydroxylation is 1. The van der Waals surface area contributed by atoms with Crippen molar-refractivity contribution in [2.75, 3.05) is 6.61 Å². The third-order valence-corrected chi connectivity index (χ3v) is 4.94. The zero-order valence-corrected chi connectivity index (χ0v) is 13.2. The maximum Gasteiger partial charge on any atom is 0.124 e. The van der Waals surface area contributed by atoms with Crippen molar-refractivity contribution in [3.05, 3.63) is 29.3 Å². The van der Waals surface area contributed by atoms with Gasteiger partial charge < -0.3 is 15.2 Å². The molecule has 3 rings (SSSR count). The second-order valence-corrected chi connectivity index (χ2v) is 6.81. The minimum absolute atomic E-state index is 0.00808. The lowest BCUT2D eigenvalue weighted by molar-refractivity contribution is -0.0510. The molecule has 1 spiro atoms. The van der Waals surface area contributed by atoms with Gasteiger partial charge in [-0.05, 0) is 51.2 Å². The molecular weight excluding hydrogens is 262 g/mol. The van der Waals surface area contributed by atoms with E-state index in [4.69, 9.17) is 15.2 Å². The highest BCUT2D eigenvalue weighted by Gasteiger charge is 2.42. The molecule has 1 aliphatic heterocycles. The van der Waals surface area contributed by atoms with Crippen LogP contribution in [0.3, 0.4) is 0 Å². The summed E-state index contributed by atoms with van der Waals surface area (Å²) in [6.45, 7) is 4.72. The van der Waals surface area contributed by atoms with Crippen LogP contribution in [0.2, 0.25) is 0 Å². The normalized spacial score (nSPS) is 25.4. The summed E-state index contributed by atoms with van der Waals surface area (Å²) in [6, 6.07) is 6.24. The van der Waals surface area contributed by atoms with E-state index in [9.17, 15) is 0 Å². The fraction of sp³-hybridized carbons (Fsp3) is 0.667. The van der Waals surface area contributed by atoms with Crippen molar-refractivity contribution in [3.8, 4) is 5.75 Å². The number of hydrogen-bond acceptors (Lipinski definition) is 3. The third kappa shape index (κ3) is 3.24. The van der Waals surface area contributed by atoms with Gasteiger partial charge in [-0.1, -0.05) is 25.0 Å². The SMILES string of the molecule is Cc1ccc(C(C)N)c(OCC2CCC3(CCCC3)O2)c1. The predicted octanol–water partition coefficient (Wildman–Crippen LogP) is 3.89. The second kappa shape index (κ2) is 5.98. The van der Waals surface area contributed by atoms with Gasteiger partial charge in [0, 0.05) is 11.6 Å². The van der Waals surface area contributed by atoms with Crippen LogP contribution in [0.25, 0.3) is 0 Å². The van der Waals surface area contributed by atoms with Crippen LogP contribution in [-0.4, -0.2) is 18.3 Å². The van der Waals surface area contributed by atoms with E-state index in [1.54, 1.807) is 0 Å². The molecule has 2 N–H and O–H groups in total. The number of hydrogen-bond donors (Lipinski definition) is 1. The molecule has 1 saturated heterocycles. The van der Waals surface area contributed by atoms with E-state index < -0.39 is 0 Å². The Labute approximate surface area is 127 Å². The fourth-order valence-electron chi connectivity index (χ4n) is 3.73. The van der Waals surface area contributed by atoms with Crippen molar-refractivity contribution < 1.29 is 9.47 Å². The molecule has 1 aromatic rings. The molecule has 2 aliphatic rings. The predicted molar refractivity (Wildman–Crippen MR) is 84.6 cm³/mol. The van der Waals surface area contributed by atoms with E-state index >= 15 is 0 Å². The van der Waals surface area contributed by atoms with Crippen LogP contribution in [0.15, 0.2) is 18.2 Å². The molecule has 0 aromatic heterocycles. The van der Waals surface area contributed by atoms with Crippen molar-refractivity contribution >= 4 is 0 Å². The molecule has 116 valence electrons. The van der Waals surface area contributed by atoms with Crippen molar-refractivity contribution in [3.63, 3.8) is 0 Å². The van der Waals surface area contributed by atoms with Crippen molar-refractivity contribution in [1.82, 2.24) is 0 Å². The van der Waals surface area contributed by atoms with Gasteiger partial charge in [0.15, 0.2) is 0 Å². The maximum absolute atomic E-state index is 6.31. The molecule has 2 fully saturated rings. The van der Waals surface area contributed by atoms with Crippen molar-refractivity contribution in [1.29, 1.82) is 0 Å². The smallest absolute Gasteiger partial charge is 0.124 e. The lowest BCUT2D eigenvalue weighted by atomic mass is 9.98. The molecule has 0 amide bonds. The highest BCUT2D eigenvalue weighted by atomic mass is 16.6. The molecule has 0 radical (unpaired) electrons. The average molecular weight is 289 g/mol. The number of benzene rings is 1. The van der Waals surface area contributed by atoms with Crippen LogP contribution in [0.5, 0.6) is 5.75 Å². The van der Waals surface area contributed by atoms with Crippen LogP contribution in [0.4, 0.5) is 0 Å². The molecule has 1 saturated carbocycles. The molecule has 3 heteroatoms. The van der Waals surface area contributed by atoms with E-state index in [0.717, 1.165) is 17.7 Å². The largest absolute Gasteiger partial charge is 0.491 e. The highest BCUT2D eigenvalue weighted by molar-refractivity contribution is 5.38. The molecule has 2 unspecified atom stereocenters. The summed E-state index contributed by atoms with van der Waals surface area (Å²) < 4.78 is 12.4. The molecule has 1 aliphatic carbocycles. The minimum Gasteiger partial charge on any atom is -0.491 e. The first-order chi connectivity index (χ1) is 10.1. The maximum atomic E-state index is 6.31. The van der Waals surface area contributed by atoms with Gasteiger partial charge >= 0.3 is 0 Å². The molecule has 3 nitrogen and oxygen atoms in total. The summed E-state index contributed by atoms with van der Waals surface area (Å²) in [7, 11) is 0. The number of ether oxygens (including phenoxy) is 2. The minimum atomic E-state index is -0.00808. The zero-order valence-electron chi connectivity index (χ0n) is 13.2. The Morgan fingerprint density at radius 2 is 2.10 bits per heavy atom. The Hall–Kier alpha value is -1.06. The number of nitrogens with two attached hydrogens (primary N) is 1. The lowest BCUT2D eigenvalue weighted by Crippen LogP contribution is -2.27. The standard InChI is InChI=1S/C18H27NO2/c1-13-5-6-16(14(2)19)17(11-13)20-12-15-7-10-18(21-15)8-3-4-9-18/h5-6,11,14-15H,3-4,7-10,12,19H2,1-2H3. The first-order valence-electron chi connectivity index (χ1n) is 8.25. The van der Waals surface area contributed by atoms with Crippen LogP contribution >= 0.6 is 0 Å². The summed E-state index contributed by atoms with van der Waals surface area (Å²) in [4.78, 5) is 0. The average Bonchev–Trinajstić information content (AvgIpc) is 3.07. The Balaban J connectivity index is 1.62. The van der Waals surface area contributed by atoms with Gasteiger partial charge in [-0.2, -0.15) is 0 Å². The summed E-state index contributed by atoms with van der Waals surface area (Å²) >= 11 is 0. The summed E-state index contributed by atoms with van der Waals surface area (Å²) in [6.07, 6.45) is 7.68.